The summed E-state index contributed by atoms with van der Waals surface area (Å²) in [6, 6.07) is 8.27. The number of halogens is 1. The fraction of sp³-hybridized carbons (Fsp3) is 0.500. The normalized spacial score (nSPS) is 25.0. The average Bonchev–Trinajstić information content (AvgIpc) is 3.14. The lowest BCUT2D eigenvalue weighted by molar-refractivity contribution is -0.122. The molecule has 2 N–H and O–H groups in total. The highest BCUT2D eigenvalue weighted by molar-refractivity contribution is 7.92. The van der Waals surface area contributed by atoms with E-state index in [9.17, 15) is 13.2 Å². The van der Waals surface area contributed by atoms with Crippen LogP contribution in [0.25, 0.3) is 0 Å². The van der Waals surface area contributed by atoms with E-state index in [0.717, 1.165) is 0 Å². The van der Waals surface area contributed by atoms with Crippen LogP contribution in [0.1, 0.15) is 25.7 Å². The predicted molar refractivity (Wildman–Crippen MR) is 89.2 cm³/mol. The average molecular weight is 368 g/mol. The van der Waals surface area contributed by atoms with Gasteiger partial charge in [-0.15, -0.1) is 0 Å². The maximum Gasteiger partial charge on any atom is 0.222 e. The Hall–Kier alpha value is -1.62. The largest absolute Gasteiger partial charge is 0.338 e. The first kappa shape index (κ1) is 17.2. The molecule has 1 amide bonds. The SMILES string of the molecule is N#CC1(NC(=O)C[C@H]2C[C@@H](S(=O)(=O)c3ccccc3Cl)CN2)CC1. The molecule has 1 aliphatic heterocycles. The number of nitrogens with one attached hydrogen (secondary N) is 2. The number of carbonyl (C=O) groups excluding carboxylic acids is 1. The Morgan fingerprint density at radius 2 is 2.12 bits per heavy atom. The Morgan fingerprint density at radius 3 is 2.75 bits per heavy atom. The molecule has 0 aromatic heterocycles. The van der Waals surface area contributed by atoms with Crippen molar-refractivity contribution in [3.8, 4) is 6.07 Å². The van der Waals surface area contributed by atoms with Crippen LogP contribution in [0.5, 0.6) is 0 Å². The van der Waals surface area contributed by atoms with Gasteiger partial charge in [-0.1, -0.05) is 23.7 Å². The van der Waals surface area contributed by atoms with E-state index >= 15 is 0 Å². The molecule has 1 aromatic carbocycles. The number of nitriles is 1. The van der Waals surface area contributed by atoms with Crippen molar-refractivity contribution in [3.63, 3.8) is 0 Å². The van der Waals surface area contributed by atoms with Crippen molar-refractivity contribution in [1.29, 1.82) is 5.26 Å². The van der Waals surface area contributed by atoms with Crippen LogP contribution in [0.3, 0.4) is 0 Å². The molecule has 0 spiro atoms. The molecule has 0 unspecified atom stereocenters. The Kier molecular flexibility index (Phi) is 4.56. The number of carbonyl (C=O) groups is 1. The summed E-state index contributed by atoms with van der Waals surface area (Å²) in [5.41, 5.74) is -0.696. The summed E-state index contributed by atoms with van der Waals surface area (Å²) in [5, 5.41) is 14.4. The summed E-state index contributed by atoms with van der Waals surface area (Å²) in [6.07, 6.45) is 1.87. The first-order valence-electron chi connectivity index (χ1n) is 7.80. The van der Waals surface area contributed by atoms with Gasteiger partial charge >= 0.3 is 0 Å². The van der Waals surface area contributed by atoms with Crippen LogP contribution in [0.2, 0.25) is 5.02 Å². The molecule has 2 aliphatic rings. The number of hydrogen-bond donors (Lipinski definition) is 2. The number of hydrogen-bond acceptors (Lipinski definition) is 5. The lowest BCUT2D eigenvalue weighted by Crippen LogP contribution is -2.39. The number of benzene rings is 1. The fourth-order valence-corrected chi connectivity index (χ4v) is 5.19. The molecule has 0 bridgehead atoms. The maximum atomic E-state index is 12.7. The Bertz CT molecular complexity index is 799. The fourth-order valence-electron chi connectivity index (χ4n) is 2.96. The zero-order valence-corrected chi connectivity index (χ0v) is 14.5. The molecule has 1 aliphatic carbocycles. The highest BCUT2D eigenvalue weighted by atomic mass is 35.5. The third kappa shape index (κ3) is 3.41. The van der Waals surface area contributed by atoms with Gasteiger partial charge in [0.05, 0.1) is 21.2 Å². The van der Waals surface area contributed by atoms with E-state index in [0.29, 0.717) is 19.3 Å². The molecule has 24 heavy (non-hydrogen) atoms. The zero-order chi connectivity index (χ0) is 17.4. The smallest absolute Gasteiger partial charge is 0.222 e. The quantitative estimate of drug-likeness (QED) is 0.819. The molecule has 128 valence electrons. The molecule has 1 saturated heterocycles. The van der Waals surface area contributed by atoms with E-state index in [1.165, 1.54) is 6.07 Å². The van der Waals surface area contributed by atoms with Crippen LogP contribution in [0.4, 0.5) is 0 Å². The molecule has 2 atom stereocenters. The number of nitrogens with zero attached hydrogens (tertiary/aromatic N) is 1. The van der Waals surface area contributed by atoms with Crippen molar-refractivity contribution in [3.05, 3.63) is 29.3 Å². The minimum atomic E-state index is -3.54. The molecule has 6 nitrogen and oxygen atoms in total. The van der Waals surface area contributed by atoms with Crippen molar-refractivity contribution >= 4 is 27.3 Å². The van der Waals surface area contributed by atoms with Gasteiger partial charge in [0.15, 0.2) is 9.84 Å². The second-order valence-electron chi connectivity index (χ2n) is 6.38. The van der Waals surface area contributed by atoms with Crippen molar-refractivity contribution < 1.29 is 13.2 Å². The van der Waals surface area contributed by atoms with Crippen LogP contribution in [-0.4, -0.2) is 37.7 Å². The van der Waals surface area contributed by atoms with Crippen LogP contribution >= 0.6 is 11.6 Å². The maximum absolute atomic E-state index is 12.7. The summed E-state index contributed by atoms with van der Waals surface area (Å²) in [7, 11) is -3.54. The van der Waals surface area contributed by atoms with Gasteiger partial charge in [0, 0.05) is 19.0 Å². The molecule has 3 rings (SSSR count). The molecular weight excluding hydrogens is 350 g/mol. The summed E-state index contributed by atoms with van der Waals surface area (Å²) in [6.45, 7) is 0.287. The van der Waals surface area contributed by atoms with E-state index in [2.05, 4.69) is 16.7 Å². The van der Waals surface area contributed by atoms with E-state index in [1.54, 1.807) is 18.2 Å². The minimum Gasteiger partial charge on any atom is -0.338 e. The summed E-state index contributed by atoms with van der Waals surface area (Å²) in [4.78, 5) is 12.2. The van der Waals surface area contributed by atoms with Crippen LogP contribution in [-0.2, 0) is 14.6 Å². The number of sulfone groups is 1. The molecule has 0 radical (unpaired) electrons. The van der Waals surface area contributed by atoms with Gasteiger partial charge in [-0.2, -0.15) is 5.26 Å². The third-order valence-corrected chi connectivity index (χ3v) is 7.19. The Balaban J connectivity index is 1.62. The Morgan fingerprint density at radius 1 is 1.42 bits per heavy atom. The van der Waals surface area contributed by atoms with Crippen molar-refractivity contribution in [2.75, 3.05) is 6.54 Å². The lowest BCUT2D eigenvalue weighted by atomic mass is 10.1. The highest BCUT2D eigenvalue weighted by Gasteiger charge is 2.45. The van der Waals surface area contributed by atoms with Crippen molar-refractivity contribution in [1.82, 2.24) is 10.6 Å². The lowest BCUT2D eigenvalue weighted by Gasteiger charge is -2.14. The van der Waals surface area contributed by atoms with Gasteiger partial charge in [0.25, 0.3) is 0 Å². The van der Waals surface area contributed by atoms with Crippen LogP contribution in [0.15, 0.2) is 29.2 Å². The van der Waals surface area contributed by atoms with E-state index < -0.39 is 20.6 Å². The zero-order valence-electron chi connectivity index (χ0n) is 13.0. The summed E-state index contributed by atoms with van der Waals surface area (Å²) in [5.74, 6) is -0.220. The molecule has 1 aromatic rings. The highest BCUT2D eigenvalue weighted by Crippen LogP contribution is 2.34. The van der Waals surface area contributed by atoms with E-state index in [4.69, 9.17) is 16.9 Å². The first-order chi connectivity index (χ1) is 11.4. The minimum absolute atomic E-state index is 0.130. The monoisotopic (exact) mass is 367 g/mol. The topological polar surface area (TPSA) is 99.1 Å². The molecule has 1 saturated carbocycles. The van der Waals surface area contributed by atoms with E-state index in [1.807, 2.05) is 0 Å². The summed E-state index contributed by atoms with van der Waals surface area (Å²) < 4.78 is 25.4. The first-order valence-corrected chi connectivity index (χ1v) is 9.73. The predicted octanol–water partition coefficient (Wildman–Crippen LogP) is 1.41. The number of amides is 1. The second kappa shape index (κ2) is 6.36. The standard InChI is InChI=1S/C16H18ClN3O3S/c17-13-3-1-2-4-14(13)24(22,23)12-7-11(19-9-12)8-15(21)20-16(10-18)5-6-16/h1-4,11-12,19H,5-9H2,(H,20,21)/t11-,12-/m1/s1. The molecule has 2 fully saturated rings. The molecular formula is C16H18ClN3O3S. The summed E-state index contributed by atoms with van der Waals surface area (Å²) >= 11 is 6.01. The molecule has 8 heteroatoms. The van der Waals surface area contributed by atoms with Gasteiger partial charge in [0.1, 0.15) is 5.54 Å². The van der Waals surface area contributed by atoms with Crippen molar-refractivity contribution in [2.45, 2.75) is 47.4 Å². The van der Waals surface area contributed by atoms with E-state index in [-0.39, 0.29) is 34.8 Å². The van der Waals surface area contributed by atoms with Gasteiger partial charge in [0.2, 0.25) is 5.91 Å². The van der Waals surface area contributed by atoms with Gasteiger partial charge < -0.3 is 10.6 Å². The van der Waals surface area contributed by atoms with Crippen LogP contribution in [0, 0.1) is 11.3 Å². The van der Waals surface area contributed by atoms with Gasteiger partial charge in [-0.25, -0.2) is 8.42 Å². The van der Waals surface area contributed by atoms with Crippen LogP contribution < -0.4 is 10.6 Å². The van der Waals surface area contributed by atoms with Crippen molar-refractivity contribution in [2.24, 2.45) is 0 Å². The van der Waals surface area contributed by atoms with Gasteiger partial charge in [-0.3, -0.25) is 4.79 Å². The second-order valence-corrected chi connectivity index (χ2v) is 8.99. The molecule has 1 heterocycles. The van der Waals surface area contributed by atoms with Gasteiger partial charge in [-0.05, 0) is 31.4 Å². The third-order valence-electron chi connectivity index (χ3n) is 4.54. The number of rotatable bonds is 5. The Labute approximate surface area is 146 Å².